The maximum Gasteiger partial charge on any atom is 0.243 e. The largest absolute Gasteiger partial charge is 0.497 e. The quantitative estimate of drug-likeness (QED) is 0.420. The van der Waals surface area contributed by atoms with Crippen molar-refractivity contribution in [3.8, 4) is 11.5 Å². The van der Waals surface area contributed by atoms with Crippen LogP contribution in [-0.4, -0.2) is 39.4 Å². The van der Waals surface area contributed by atoms with Crippen molar-refractivity contribution in [2.75, 3.05) is 26.1 Å². The first kappa shape index (κ1) is 25.8. The van der Waals surface area contributed by atoms with Crippen LogP contribution in [0.4, 0.5) is 5.69 Å². The van der Waals surface area contributed by atoms with Crippen LogP contribution in [0.1, 0.15) is 11.1 Å². The lowest BCUT2D eigenvalue weighted by atomic mass is 10.2. The van der Waals surface area contributed by atoms with Crippen LogP contribution in [0, 0.1) is 6.92 Å². The third-order valence-electron chi connectivity index (χ3n) is 5.06. The molecule has 7 nitrogen and oxygen atoms in total. The Bertz CT molecular complexity index is 1260. The van der Waals surface area contributed by atoms with Crippen LogP contribution in [0.25, 0.3) is 0 Å². The maximum atomic E-state index is 13.5. The molecule has 0 atom stereocenters. The number of aryl methyl sites for hydroxylation is 1. The van der Waals surface area contributed by atoms with Gasteiger partial charge in [0.2, 0.25) is 15.9 Å². The number of methoxy groups -OCH3 is 2. The topological polar surface area (TPSA) is 84.9 Å². The van der Waals surface area contributed by atoms with Gasteiger partial charge in [0.25, 0.3) is 0 Å². The molecule has 0 heterocycles. The number of benzene rings is 3. The molecule has 0 fully saturated rings. The van der Waals surface area contributed by atoms with E-state index in [1.165, 1.54) is 26.4 Å². The normalized spacial score (nSPS) is 11.4. The second-order valence-electron chi connectivity index (χ2n) is 7.40. The Labute approximate surface area is 209 Å². The molecule has 0 saturated carbocycles. The lowest BCUT2D eigenvalue weighted by molar-refractivity contribution is -0.116. The van der Waals surface area contributed by atoms with Gasteiger partial charge in [0.15, 0.2) is 0 Å². The molecule has 0 saturated heterocycles. The summed E-state index contributed by atoms with van der Waals surface area (Å²) in [4.78, 5) is 13.0. The molecule has 1 N–H and O–H groups in total. The third kappa shape index (κ3) is 6.01. The van der Waals surface area contributed by atoms with Gasteiger partial charge >= 0.3 is 0 Å². The monoisotopic (exact) mass is 522 g/mol. The van der Waals surface area contributed by atoms with E-state index in [2.05, 4.69) is 5.32 Å². The van der Waals surface area contributed by atoms with E-state index in [0.717, 1.165) is 9.87 Å². The fourth-order valence-corrected chi connectivity index (χ4v) is 5.08. The van der Waals surface area contributed by atoms with Gasteiger partial charge in [-0.2, -0.15) is 4.31 Å². The smallest absolute Gasteiger partial charge is 0.243 e. The number of hydrogen-bond donors (Lipinski definition) is 1. The van der Waals surface area contributed by atoms with Crippen molar-refractivity contribution >= 4 is 44.8 Å². The standard InChI is InChI=1S/C24H24Cl2N2O5S/c1-16-7-10-18(11-8-16)34(30,31)28(14-19-20(25)5-4-6-21(19)26)15-24(29)27-22-12-9-17(32-2)13-23(22)33-3/h4-13H,14-15H2,1-3H3,(H,27,29). The molecule has 0 aliphatic rings. The van der Waals surface area contributed by atoms with Crippen molar-refractivity contribution in [1.82, 2.24) is 4.31 Å². The molecular weight excluding hydrogens is 499 g/mol. The average molecular weight is 523 g/mol. The first-order chi connectivity index (χ1) is 16.1. The van der Waals surface area contributed by atoms with Gasteiger partial charge in [-0.1, -0.05) is 47.0 Å². The maximum absolute atomic E-state index is 13.5. The summed E-state index contributed by atoms with van der Waals surface area (Å²) in [6.07, 6.45) is 0. The minimum atomic E-state index is -4.06. The molecule has 0 aromatic heterocycles. The molecule has 0 bridgehead atoms. The molecule has 1 amide bonds. The predicted octanol–water partition coefficient (Wildman–Crippen LogP) is 5.15. The number of carbonyl (C=O) groups excluding carboxylic acids is 1. The predicted molar refractivity (Wildman–Crippen MR) is 133 cm³/mol. The van der Waals surface area contributed by atoms with Gasteiger partial charge in [-0.3, -0.25) is 4.79 Å². The summed E-state index contributed by atoms with van der Waals surface area (Å²) < 4.78 is 38.5. The highest BCUT2D eigenvalue weighted by Gasteiger charge is 2.28. The highest BCUT2D eigenvalue weighted by atomic mass is 35.5. The molecule has 180 valence electrons. The summed E-state index contributed by atoms with van der Waals surface area (Å²) in [5.74, 6) is 0.351. The van der Waals surface area contributed by atoms with Crippen LogP contribution in [0.3, 0.4) is 0 Å². The molecule has 3 aromatic carbocycles. The molecule has 34 heavy (non-hydrogen) atoms. The van der Waals surface area contributed by atoms with E-state index >= 15 is 0 Å². The van der Waals surface area contributed by atoms with Crippen molar-refractivity contribution in [2.24, 2.45) is 0 Å². The summed E-state index contributed by atoms with van der Waals surface area (Å²) >= 11 is 12.6. The number of rotatable bonds is 9. The third-order valence-corrected chi connectivity index (χ3v) is 7.57. The van der Waals surface area contributed by atoms with Gasteiger partial charge in [0.1, 0.15) is 11.5 Å². The molecule has 10 heteroatoms. The van der Waals surface area contributed by atoms with Gasteiger partial charge in [0.05, 0.1) is 31.3 Å². The number of anilines is 1. The van der Waals surface area contributed by atoms with E-state index in [9.17, 15) is 13.2 Å². The Kier molecular flexibility index (Phi) is 8.43. The van der Waals surface area contributed by atoms with E-state index in [-0.39, 0.29) is 11.4 Å². The zero-order valence-electron chi connectivity index (χ0n) is 18.8. The number of amides is 1. The Morgan fingerprint density at radius 3 is 2.21 bits per heavy atom. The van der Waals surface area contributed by atoms with Crippen LogP contribution in [0.15, 0.2) is 65.6 Å². The number of ether oxygens (including phenoxy) is 2. The first-order valence-corrected chi connectivity index (χ1v) is 12.4. The fraction of sp³-hybridized carbons (Fsp3) is 0.208. The van der Waals surface area contributed by atoms with Crippen LogP contribution in [-0.2, 0) is 21.4 Å². The Balaban J connectivity index is 1.94. The molecule has 0 spiro atoms. The summed E-state index contributed by atoms with van der Waals surface area (Å²) in [6.45, 7) is 1.18. The van der Waals surface area contributed by atoms with Gasteiger partial charge in [-0.25, -0.2) is 8.42 Å². The minimum Gasteiger partial charge on any atom is -0.497 e. The molecule has 0 aliphatic heterocycles. The average Bonchev–Trinajstić information content (AvgIpc) is 2.81. The molecule has 3 aromatic rings. The zero-order chi connectivity index (χ0) is 24.9. The van der Waals surface area contributed by atoms with Crippen molar-refractivity contribution in [1.29, 1.82) is 0 Å². The highest BCUT2D eigenvalue weighted by molar-refractivity contribution is 7.89. The molecule has 0 unspecified atom stereocenters. The SMILES string of the molecule is COc1ccc(NC(=O)CN(Cc2c(Cl)cccc2Cl)S(=O)(=O)c2ccc(C)cc2)c(OC)c1. The molecular formula is C24H24Cl2N2O5S. The van der Waals surface area contributed by atoms with Gasteiger partial charge in [-0.05, 0) is 43.3 Å². The number of hydrogen-bond acceptors (Lipinski definition) is 5. The summed E-state index contributed by atoms with van der Waals surface area (Å²) in [7, 11) is -1.09. The summed E-state index contributed by atoms with van der Waals surface area (Å²) in [5, 5.41) is 3.30. The van der Waals surface area contributed by atoms with Crippen molar-refractivity contribution in [3.05, 3.63) is 81.8 Å². The van der Waals surface area contributed by atoms with E-state index in [1.807, 2.05) is 6.92 Å². The first-order valence-electron chi connectivity index (χ1n) is 10.2. The van der Waals surface area contributed by atoms with Crippen LogP contribution in [0.2, 0.25) is 10.0 Å². The second kappa shape index (κ2) is 11.1. The Hall–Kier alpha value is -2.78. The Morgan fingerprint density at radius 1 is 0.971 bits per heavy atom. The molecule has 0 radical (unpaired) electrons. The van der Waals surface area contributed by atoms with Crippen molar-refractivity contribution < 1.29 is 22.7 Å². The van der Waals surface area contributed by atoms with Crippen molar-refractivity contribution in [3.63, 3.8) is 0 Å². The minimum absolute atomic E-state index is 0.0519. The number of nitrogens with one attached hydrogen (secondary N) is 1. The number of nitrogens with zero attached hydrogens (tertiary/aromatic N) is 1. The summed E-state index contributed by atoms with van der Waals surface area (Å²) in [6, 6.07) is 16.1. The lowest BCUT2D eigenvalue weighted by Gasteiger charge is -2.23. The van der Waals surface area contributed by atoms with E-state index < -0.39 is 22.5 Å². The van der Waals surface area contributed by atoms with Gasteiger partial charge in [0, 0.05) is 28.2 Å². The van der Waals surface area contributed by atoms with E-state index in [1.54, 1.807) is 48.5 Å². The fourth-order valence-electron chi connectivity index (χ4n) is 3.20. The molecule has 3 rings (SSSR count). The lowest BCUT2D eigenvalue weighted by Crippen LogP contribution is -2.37. The van der Waals surface area contributed by atoms with E-state index in [4.69, 9.17) is 32.7 Å². The number of carbonyl (C=O) groups is 1. The van der Waals surface area contributed by atoms with Crippen LogP contribution >= 0.6 is 23.2 Å². The number of halogens is 2. The number of sulfonamides is 1. The Morgan fingerprint density at radius 2 is 1.62 bits per heavy atom. The van der Waals surface area contributed by atoms with Crippen molar-refractivity contribution in [2.45, 2.75) is 18.4 Å². The molecule has 0 aliphatic carbocycles. The van der Waals surface area contributed by atoms with Crippen LogP contribution < -0.4 is 14.8 Å². The zero-order valence-corrected chi connectivity index (χ0v) is 21.2. The van der Waals surface area contributed by atoms with Crippen LogP contribution in [0.5, 0.6) is 11.5 Å². The van der Waals surface area contributed by atoms with Gasteiger partial charge in [-0.15, -0.1) is 0 Å². The van der Waals surface area contributed by atoms with Gasteiger partial charge < -0.3 is 14.8 Å². The van der Waals surface area contributed by atoms with E-state index in [0.29, 0.717) is 32.8 Å². The highest BCUT2D eigenvalue weighted by Crippen LogP contribution is 2.30. The summed E-state index contributed by atoms with van der Waals surface area (Å²) in [5.41, 5.74) is 1.68. The second-order valence-corrected chi connectivity index (χ2v) is 10.2.